The maximum absolute atomic E-state index is 7.68. The minimum atomic E-state index is -0.289. The number of nitrogens with zero attached hydrogens (tertiary/aromatic N) is 8. The van der Waals surface area contributed by atoms with E-state index < -0.39 is 0 Å². The van der Waals surface area contributed by atoms with Crippen molar-refractivity contribution in [3.8, 4) is 78.1 Å². The van der Waals surface area contributed by atoms with E-state index in [1.807, 2.05) is 67.3 Å². The molecule has 16 aromatic carbocycles. The summed E-state index contributed by atoms with van der Waals surface area (Å²) < 4.78 is 4.87. The summed E-state index contributed by atoms with van der Waals surface area (Å²) in [6.45, 7) is 12.4. The van der Waals surface area contributed by atoms with Crippen molar-refractivity contribution in [3.05, 3.63) is 412 Å². The lowest BCUT2D eigenvalue weighted by Crippen LogP contribution is -2.16. The van der Waals surface area contributed by atoms with Gasteiger partial charge < -0.3 is 18.9 Å². The van der Waals surface area contributed by atoms with Gasteiger partial charge in [-0.25, -0.2) is 4.85 Å². The van der Waals surface area contributed by atoms with Crippen LogP contribution in [0.25, 0.3) is 159 Å². The molecule has 0 spiro atoms. The van der Waals surface area contributed by atoms with E-state index >= 15 is 0 Å². The third kappa shape index (κ3) is 11.2. The highest BCUT2D eigenvalue weighted by Crippen LogP contribution is 2.54. The van der Waals surface area contributed by atoms with E-state index in [1.165, 1.54) is 137 Å². The summed E-state index contributed by atoms with van der Waals surface area (Å²) in [4.78, 5) is 21.9. The fraction of sp³-hybridized carbons (Fsp3) is 0.0286. The van der Waals surface area contributed by atoms with Crippen molar-refractivity contribution in [3.63, 3.8) is 0 Å². The molecule has 21 aromatic rings. The van der Waals surface area contributed by atoms with Gasteiger partial charge in [-0.3, -0.25) is 15.0 Å². The van der Waals surface area contributed by atoms with E-state index in [2.05, 4.69) is 362 Å². The average Bonchev–Trinajstić information content (AvgIpc) is 1.56. The minimum Gasteiger partial charge on any atom is -0.311 e. The number of aromatic nitrogens is 5. The molecule has 1 aliphatic carbocycles. The standard InChI is InChI=1S/C58H39N5.C47H31N3/c1-58(2)52-33-38(48-26-27-55-57-51(48)24-16-37-10-7-15-54(56(37)57)63(55)44-13-5-4-6-14-44)17-23-49(52)50-25-22-46(34-53(50)58)62(45-20-18-43(59-3)19-21-45)47-31-41(39-11-8-28-60-35-39)30-42(32-47)40-12-9-29-61-36-40;1-3-12-32(13-4-1)36-28-37(33-14-5-2-6-15-33)30-39(29-36)50-44-22-10-18-35-23-24-41-43(25-26-45(50)47(41)46(35)44)49(38-19-11-27-48-31-38)42-21-9-17-34-16-7-8-20-40(34)42/h4-36H,1-2H3;1-31H. The number of hydrogen-bond acceptors (Lipinski definition) is 5. The van der Waals surface area contributed by atoms with Gasteiger partial charge >= 0.3 is 0 Å². The molecule has 22 rings (SSSR count). The number of fused-ring (bicyclic) bond motifs is 4. The summed E-state index contributed by atoms with van der Waals surface area (Å²) >= 11 is 0. The average molecular weight is 1440 g/mol. The molecule has 0 radical (unpaired) electrons. The molecule has 0 bridgehead atoms. The SMILES string of the molecule is [C-]#[N+]c1ccc(N(c2cc(-c3cccnc3)cc(-c3cccnc3)c2)c2ccc3c(c2)C(C)(C)c2cc(-c4ccc5c6c4ccc4cccc(c46)n5-c4ccccc4)ccc2-3)cc1.c1ccc(-c2cc(-c3ccccc3)cc(-n3c4cccc5ccc6c(N(c7cccnc7)c7cccc8ccccc78)ccc3c6c54)c2)cc1. The molecule has 113 heavy (non-hydrogen) atoms. The Kier molecular flexibility index (Phi) is 15.8. The number of benzene rings is 16. The summed E-state index contributed by atoms with van der Waals surface area (Å²) in [6, 6.07) is 127. The van der Waals surface area contributed by atoms with Crippen LogP contribution in [0.2, 0.25) is 0 Å². The van der Waals surface area contributed by atoms with E-state index in [9.17, 15) is 0 Å². The Morgan fingerprint density at radius 2 is 0.779 bits per heavy atom. The van der Waals surface area contributed by atoms with E-state index in [1.54, 1.807) is 12.4 Å². The van der Waals surface area contributed by atoms with Gasteiger partial charge in [0.15, 0.2) is 5.69 Å². The van der Waals surface area contributed by atoms with E-state index in [0.29, 0.717) is 5.69 Å². The van der Waals surface area contributed by atoms with Crippen molar-refractivity contribution in [2.75, 3.05) is 9.80 Å². The van der Waals surface area contributed by atoms with Gasteiger partial charge in [0.1, 0.15) is 0 Å². The fourth-order valence-electron chi connectivity index (χ4n) is 17.9. The molecule has 0 fully saturated rings. The lowest BCUT2D eigenvalue weighted by atomic mass is 9.81. The van der Waals surface area contributed by atoms with Crippen LogP contribution in [-0.4, -0.2) is 24.1 Å². The first-order valence-electron chi connectivity index (χ1n) is 38.4. The molecule has 0 N–H and O–H groups in total. The molecule has 8 nitrogen and oxygen atoms in total. The van der Waals surface area contributed by atoms with Gasteiger partial charge in [-0.15, -0.1) is 0 Å². The van der Waals surface area contributed by atoms with Crippen LogP contribution in [0, 0.1) is 6.57 Å². The zero-order valence-electron chi connectivity index (χ0n) is 62.0. The van der Waals surface area contributed by atoms with Gasteiger partial charge in [-0.2, -0.15) is 0 Å². The van der Waals surface area contributed by atoms with Crippen LogP contribution >= 0.6 is 0 Å². The maximum atomic E-state index is 7.68. The normalized spacial score (nSPS) is 12.2. The highest BCUT2D eigenvalue weighted by atomic mass is 15.2. The van der Waals surface area contributed by atoms with E-state index in [-0.39, 0.29) is 5.41 Å². The first-order chi connectivity index (χ1) is 55.8. The Labute approximate surface area is 654 Å². The second-order valence-electron chi connectivity index (χ2n) is 29.8. The predicted molar refractivity (Wildman–Crippen MR) is 470 cm³/mol. The number of hydrogen-bond donors (Lipinski definition) is 0. The number of rotatable bonds is 13. The quantitative estimate of drug-likeness (QED) is 0.0850. The Morgan fingerprint density at radius 1 is 0.283 bits per heavy atom. The lowest BCUT2D eigenvalue weighted by Gasteiger charge is -2.29. The summed E-state index contributed by atoms with van der Waals surface area (Å²) in [7, 11) is 0. The molecule has 1 aliphatic rings. The zero-order valence-corrected chi connectivity index (χ0v) is 62.0. The highest BCUT2D eigenvalue weighted by Gasteiger charge is 2.37. The fourth-order valence-corrected chi connectivity index (χ4v) is 17.9. The second-order valence-corrected chi connectivity index (χ2v) is 29.8. The number of anilines is 6. The minimum absolute atomic E-state index is 0.289. The molecule has 5 heterocycles. The zero-order chi connectivity index (χ0) is 75.3. The van der Waals surface area contributed by atoms with Gasteiger partial charge in [0.25, 0.3) is 0 Å². The Balaban J connectivity index is 0.000000146. The highest BCUT2D eigenvalue weighted by molar-refractivity contribution is 6.28. The molecule has 0 amide bonds. The molecule has 5 aromatic heterocycles. The molecule has 0 unspecified atom stereocenters. The first kappa shape index (κ1) is 66.2. The van der Waals surface area contributed by atoms with Crippen LogP contribution in [0.5, 0.6) is 0 Å². The van der Waals surface area contributed by atoms with Crippen molar-refractivity contribution in [1.29, 1.82) is 0 Å². The van der Waals surface area contributed by atoms with Gasteiger partial charge in [0.2, 0.25) is 0 Å². The van der Waals surface area contributed by atoms with Crippen LogP contribution < -0.4 is 9.80 Å². The molecule has 0 atom stereocenters. The first-order valence-corrected chi connectivity index (χ1v) is 38.4. The molecular formula is C105H70N8. The summed E-state index contributed by atoms with van der Waals surface area (Å²) in [5.41, 5.74) is 30.2. The Bertz CT molecular complexity index is 7130. The molecule has 0 saturated carbocycles. The summed E-state index contributed by atoms with van der Waals surface area (Å²) in [5.74, 6) is 0. The van der Waals surface area contributed by atoms with E-state index in [4.69, 9.17) is 6.57 Å². The molecule has 0 aliphatic heterocycles. The number of para-hydroxylation sites is 1. The van der Waals surface area contributed by atoms with E-state index in [0.717, 1.165) is 62.1 Å². The largest absolute Gasteiger partial charge is 0.311 e. The van der Waals surface area contributed by atoms with Gasteiger partial charge in [-0.1, -0.05) is 226 Å². The lowest BCUT2D eigenvalue weighted by molar-refractivity contribution is 0.660. The van der Waals surface area contributed by atoms with Crippen molar-refractivity contribution in [2.45, 2.75) is 19.3 Å². The van der Waals surface area contributed by atoms with Gasteiger partial charge in [0.05, 0.1) is 51.9 Å². The van der Waals surface area contributed by atoms with Gasteiger partial charge in [-0.05, 0) is 228 Å². The molecule has 0 saturated heterocycles. The number of pyridine rings is 3. The molecule has 8 heteroatoms. The van der Waals surface area contributed by atoms with Crippen molar-refractivity contribution in [1.82, 2.24) is 24.1 Å². The third-order valence-corrected chi connectivity index (χ3v) is 23.1. The molecule has 530 valence electrons. The monoisotopic (exact) mass is 1440 g/mol. The topological polar surface area (TPSA) is 59.4 Å². The smallest absolute Gasteiger partial charge is 0.187 e. The van der Waals surface area contributed by atoms with Crippen LogP contribution in [0.15, 0.2) is 389 Å². The van der Waals surface area contributed by atoms with Gasteiger partial charge in [0, 0.05) is 108 Å². The van der Waals surface area contributed by atoms with Crippen LogP contribution in [0.3, 0.4) is 0 Å². The predicted octanol–water partition coefficient (Wildman–Crippen LogP) is 28.2. The van der Waals surface area contributed by atoms with Crippen LogP contribution in [0.4, 0.5) is 39.8 Å². The van der Waals surface area contributed by atoms with Crippen molar-refractivity contribution >= 4 is 116 Å². The van der Waals surface area contributed by atoms with Crippen LogP contribution in [-0.2, 0) is 5.41 Å². The Hall–Kier alpha value is -15.0. The maximum Gasteiger partial charge on any atom is 0.187 e. The third-order valence-electron chi connectivity index (χ3n) is 23.1. The Morgan fingerprint density at radius 3 is 1.41 bits per heavy atom. The summed E-state index contributed by atoms with van der Waals surface area (Å²) in [5, 5.41) is 12.5. The van der Waals surface area contributed by atoms with Crippen LogP contribution in [0.1, 0.15) is 25.0 Å². The second kappa shape index (κ2) is 27.0. The molecular weight excluding hydrogens is 1370 g/mol. The van der Waals surface area contributed by atoms with Crippen molar-refractivity contribution in [2.24, 2.45) is 0 Å². The summed E-state index contributed by atoms with van der Waals surface area (Å²) in [6.07, 6.45) is 11.2. The van der Waals surface area contributed by atoms with Crippen molar-refractivity contribution < 1.29 is 0 Å².